The molecule has 0 saturated heterocycles. The van der Waals surface area contributed by atoms with Gasteiger partial charge in [0.05, 0.1) is 12.3 Å². The molecule has 0 amide bonds. The monoisotopic (exact) mass is 253 g/mol. The molecule has 0 bridgehead atoms. The molecule has 0 spiro atoms. The van der Waals surface area contributed by atoms with Crippen LogP contribution in [0.2, 0.25) is 0 Å². The fourth-order valence-electron chi connectivity index (χ4n) is 1.97. The predicted octanol–water partition coefficient (Wildman–Crippen LogP) is 4.17. The van der Waals surface area contributed by atoms with Gasteiger partial charge < -0.3 is 0 Å². The van der Waals surface area contributed by atoms with Gasteiger partial charge in [-0.1, -0.05) is 55.1 Å². The first-order chi connectivity index (χ1) is 9.22. The van der Waals surface area contributed by atoms with Gasteiger partial charge in [-0.25, -0.2) is 0 Å². The first-order valence-corrected chi connectivity index (χ1v) is 6.45. The molecule has 2 nitrogen and oxygen atoms in total. The van der Waals surface area contributed by atoms with E-state index in [1.54, 1.807) is 0 Å². The van der Waals surface area contributed by atoms with Crippen LogP contribution in [0.5, 0.6) is 0 Å². The highest BCUT2D eigenvalue weighted by molar-refractivity contribution is 5.70. The molecule has 0 atom stereocenters. The molecule has 0 aliphatic rings. The highest BCUT2D eigenvalue weighted by Gasteiger charge is 2.02. The first-order valence-electron chi connectivity index (χ1n) is 6.45. The summed E-state index contributed by atoms with van der Waals surface area (Å²) in [6.07, 6.45) is 0. The Hall–Kier alpha value is -2.06. The fourth-order valence-corrected chi connectivity index (χ4v) is 1.97. The topological polar surface area (TPSA) is 21.3 Å². The number of benzene rings is 2. The summed E-state index contributed by atoms with van der Waals surface area (Å²) in [6.45, 7) is 8.61. The molecule has 0 aromatic heterocycles. The number of hydrogen-bond acceptors (Lipinski definition) is 2. The molecule has 0 aliphatic heterocycles. The van der Waals surface area contributed by atoms with Crippen molar-refractivity contribution < 1.29 is 4.84 Å². The van der Waals surface area contributed by atoms with E-state index in [9.17, 15) is 0 Å². The molecule has 98 valence electrons. The molecular weight excluding hydrogens is 234 g/mol. The van der Waals surface area contributed by atoms with Crippen LogP contribution >= 0.6 is 0 Å². The zero-order chi connectivity index (χ0) is 13.7. The zero-order valence-corrected chi connectivity index (χ0v) is 11.4. The van der Waals surface area contributed by atoms with Crippen molar-refractivity contribution in [3.8, 4) is 11.1 Å². The number of hydroxylamine groups is 1. The largest absolute Gasteiger partial charge is 0.276 e. The van der Waals surface area contributed by atoms with Crippen LogP contribution in [-0.2, 0) is 4.84 Å². The Balaban J connectivity index is 2.19. The third-order valence-electron chi connectivity index (χ3n) is 3.03. The smallest absolute Gasteiger partial charge is 0.0717 e. The second kappa shape index (κ2) is 6.21. The van der Waals surface area contributed by atoms with Gasteiger partial charge in [-0.2, -0.15) is 0 Å². The maximum Gasteiger partial charge on any atom is 0.0717 e. The summed E-state index contributed by atoms with van der Waals surface area (Å²) in [5.41, 5.74) is 8.39. The van der Waals surface area contributed by atoms with E-state index in [0.717, 1.165) is 11.3 Å². The normalized spacial score (nSPS) is 10.2. The summed E-state index contributed by atoms with van der Waals surface area (Å²) in [7, 11) is 0. The molecule has 0 fully saturated rings. The minimum absolute atomic E-state index is 0.611. The van der Waals surface area contributed by atoms with Gasteiger partial charge in [-0.3, -0.25) is 10.3 Å². The quantitative estimate of drug-likeness (QED) is 0.807. The van der Waals surface area contributed by atoms with Crippen molar-refractivity contribution in [1.29, 1.82) is 0 Å². The van der Waals surface area contributed by atoms with E-state index < -0.39 is 0 Å². The second-order valence-corrected chi connectivity index (χ2v) is 4.41. The van der Waals surface area contributed by atoms with Crippen LogP contribution in [-0.4, -0.2) is 6.61 Å². The van der Waals surface area contributed by atoms with Crippen LogP contribution in [0.15, 0.2) is 55.1 Å². The van der Waals surface area contributed by atoms with Crippen molar-refractivity contribution in [3.63, 3.8) is 0 Å². The van der Waals surface area contributed by atoms with Crippen molar-refractivity contribution >= 4 is 5.70 Å². The third kappa shape index (κ3) is 3.24. The standard InChI is InChI=1S/C17H19NO/c1-4-19-18-14(3)15-9-11-16(12-10-15)17-8-6-5-7-13(17)2/h5-12,18H,3-4H2,1-2H3. The van der Waals surface area contributed by atoms with E-state index in [0.29, 0.717) is 6.61 Å². The lowest BCUT2D eigenvalue weighted by Crippen LogP contribution is -2.11. The molecule has 1 N–H and O–H groups in total. The molecule has 0 unspecified atom stereocenters. The predicted molar refractivity (Wildman–Crippen MR) is 80.4 cm³/mol. The summed E-state index contributed by atoms with van der Waals surface area (Å²) in [4.78, 5) is 5.13. The van der Waals surface area contributed by atoms with Gasteiger partial charge in [0.15, 0.2) is 0 Å². The minimum Gasteiger partial charge on any atom is -0.276 e. The van der Waals surface area contributed by atoms with Crippen LogP contribution in [0.3, 0.4) is 0 Å². The van der Waals surface area contributed by atoms with Crippen molar-refractivity contribution in [3.05, 3.63) is 66.2 Å². The maximum absolute atomic E-state index is 5.13. The third-order valence-corrected chi connectivity index (χ3v) is 3.03. The molecule has 19 heavy (non-hydrogen) atoms. The summed E-state index contributed by atoms with van der Waals surface area (Å²) in [5, 5.41) is 0. The molecule has 0 aliphatic carbocycles. The van der Waals surface area contributed by atoms with E-state index in [-0.39, 0.29) is 0 Å². The average Bonchev–Trinajstić information content (AvgIpc) is 2.45. The SMILES string of the molecule is C=C(NOCC)c1ccc(-c2ccccc2C)cc1. The Kier molecular flexibility index (Phi) is 4.37. The average molecular weight is 253 g/mol. The lowest BCUT2D eigenvalue weighted by Gasteiger charge is -2.10. The summed E-state index contributed by atoms with van der Waals surface area (Å²) in [6, 6.07) is 16.7. The summed E-state index contributed by atoms with van der Waals surface area (Å²) in [5.74, 6) is 0. The molecule has 0 heterocycles. The maximum atomic E-state index is 5.13. The molecule has 2 aromatic rings. The Morgan fingerprint density at radius 1 is 1.11 bits per heavy atom. The van der Waals surface area contributed by atoms with E-state index in [2.05, 4.69) is 67.5 Å². The number of nitrogens with one attached hydrogen (secondary N) is 1. The molecule has 0 radical (unpaired) electrons. The molecule has 2 aromatic carbocycles. The zero-order valence-electron chi connectivity index (χ0n) is 11.4. The Labute approximate surface area is 114 Å². The van der Waals surface area contributed by atoms with E-state index in [1.165, 1.54) is 16.7 Å². The number of rotatable bonds is 5. The van der Waals surface area contributed by atoms with Crippen LogP contribution < -0.4 is 5.48 Å². The van der Waals surface area contributed by atoms with E-state index >= 15 is 0 Å². The van der Waals surface area contributed by atoms with Gasteiger partial charge in [0.1, 0.15) is 0 Å². The highest BCUT2D eigenvalue weighted by Crippen LogP contribution is 2.24. The lowest BCUT2D eigenvalue weighted by molar-refractivity contribution is 0.0901. The van der Waals surface area contributed by atoms with Gasteiger partial charge in [-0.15, -0.1) is 0 Å². The first kappa shape index (κ1) is 13.4. The van der Waals surface area contributed by atoms with Crippen LogP contribution in [0, 0.1) is 6.92 Å². The van der Waals surface area contributed by atoms with Crippen molar-refractivity contribution in [2.45, 2.75) is 13.8 Å². The van der Waals surface area contributed by atoms with Crippen LogP contribution in [0.4, 0.5) is 0 Å². The number of aryl methyl sites for hydroxylation is 1. The number of hydrogen-bond donors (Lipinski definition) is 1. The Bertz CT molecular complexity index is 558. The van der Waals surface area contributed by atoms with Crippen molar-refractivity contribution in [1.82, 2.24) is 5.48 Å². The van der Waals surface area contributed by atoms with Gasteiger partial charge in [-0.05, 0) is 36.1 Å². The highest BCUT2D eigenvalue weighted by atomic mass is 16.6. The van der Waals surface area contributed by atoms with Crippen molar-refractivity contribution in [2.24, 2.45) is 0 Å². The minimum atomic E-state index is 0.611. The Morgan fingerprint density at radius 2 is 1.79 bits per heavy atom. The van der Waals surface area contributed by atoms with Gasteiger partial charge >= 0.3 is 0 Å². The van der Waals surface area contributed by atoms with Gasteiger partial charge in [0.2, 0.25) is 0 Å². The van der Waals surface area contributed by atoms with Crippen LogP contribution in [0.1, 0.15) is 18.1 Å². The fraction of sp³-hybridized carbons (Fsp3) is 0.176. The van der Waals surface area contributed by atoms with E-state index in [1.807, 2.05) is 6.92 Å². The molecule has 2 rings (SSSR count). The summed E-state index contributed by atoms with van der Waals surface area (Å²) < 4.78 is 0. The van der Waals surface area contributed by atoms with Crippen LogP contribution in [0.25, 0.3) is 16.8 Å². The molecule has 2 heteroatoms. The van der Waals surface area contributed by atoms with Gasteiger partial charge in [0, 0.05) is 0 Å². The van der Waals surface area contributed by atoms with Crippen molar-refractivity contribution in [2.75, 3.05) is 6.61 Å². The molecular formula is C17H19NO. The van der Waals surface area contributed by atoms with E-state index in [4.69, 9.17) is 4.84 Å². The molecule has 0 saturated carbocycles. The summed E-state index contributed by atoms with van der Waals surface area (Å²) >= 11 is 0. The second-order valence-electron chi connectivity index (χ2n) is 4.41. The Morgan fingerprint density at radius 3 is 2.42 bits per heavy atom. The lowest BCUT2D eigenvalue weighted by atomic mass is 9.99. The van der Waals surface area contributed by atoms with Gasteiger partial charge in [0.25, 0.3) is 0 Å².